The van der Waals surface area contributed by atoms with Crippen LogP contribution >= 0.6 is 11.3 Å². The Hall–Kier alpha value is -2.21. The first-order valence-electron chi connectivity index (χ1n) is 7.54. The summed E-state index contributed by atoms with van der Waals surface area (Å²) in [5.74, 6) is -0.0425. The number of aryl methyl sites for hydroxylation is 1. The number of hydrogen-bond acceptors (Lipinski definition) is 4. The summed E-state index contributed by atoms with van der Waals surface area (Å²) in [6.45, 7) is 2.46. The van der Waals surface area contributed by atoms with E-state index >= 15 is 0 Å². The molecule has 1 aliphatic heterocycles. The van der Waals surface area contributed by atoms with E-state index in [9.17, 15) is 9.59 Å². The number of benzene rings is 1. The molecular formula is C17H19N3O2S. The number of thiazole rings is 1. The second kappa shape index (κ2) is 6.50. The number of aromatic nitrogens is 1. The lowest BCUT2D eigenvalue weighted by atomic mass is 10.0. The summed E-state index contributed by atoms with van der Waals surface area (Å²) < 4.78 is 0. The van der Waals surface area contributed by atoms with Crippen molar-refractivity contribution in [2.75, 3.05) is 13.6 Å². The molecule has 2 aromatic rings. The fraction of sp³-hybridized carbons (Fsp3) is 0.353. The van der Waals surface area contributed by atoms with Gasteiger partial charge in [-0.25, -0.2) is 4.98 Å². The second-order valence-electron chi connectivity index (χ2n) is 5.78. The lowest BCUT2D eigenvalue weighted by Crippen LogP contribution is -2.59. The van der Waals surface area contributed by atoms with Crippen LogP contribution in [0.5, 0.6) is 0 Å². The van der Waals surface area contributed by atoms with Crippen molar-refractivity contribution in [3.05, 3.63) is 52.0 Å². The summed E-state index contributed by atoms with van der Waals surface area (Å²) in [6, 6.07) is 9.34. The maximum Gasteiger partial charge on any atom is 0.245 e. The fourth-order valence-corrected chi connectivity index (χ4v) is 3.43. The Bertz CT molecular complexity index is 714. The van der Waals surface area contributed by atoms with Crippen LogP contribution in [-0.4, -0.2) is 46.2 Å². The van der Waals surface area contributed by atoms with E-state index in [-0.39, 0.29) is 18.4 Å². The van der Waals surface area contributed by atoms with Crippen LogP contribution in [-0.2, 0) is 22.6 Å². The van der Waals surface area contributed by atoms with Gasteiger partial charge in [-0.15, -0.1) is 11.3 Å². The number of rotatable bonds is 4. The van der Waals surface area contributed by atoms with E-state index in [2.05, 4.69) is 4.98 Å². The average Bonchev–Trinajstić information content (AvgIpc) is 2.95. The molecule has 1 atom stereocenters. The topological polar surface area (TPSA) is 53.5 Å². The molecule has 2 heterocycles. The number of piperazine rings is 1. The van der Waals surface area contributed by atoms with Crippen molar-refractivity contribution in [1.29, 1.82) is 0 Å². The average molecular weight is 329 g/mol. The van der Waals surface area contributed by atoms with Gasteiger partial charge in [0.25, 0.3) is 0 Å². The van der Waals surface area contributed by atoms with Crippen molar-refractivity contribution in [2.45, 2.75) is 25.9 Å². The normalized spacial score (nSPS) is 18.6. The van der Waals surface area contributed by atoms with Gasteiger partial charge in [-0.3, -0.25) is 9.59 Å². The van der Waals surface area contributed by atoms with Crippen molar-refractivity contribution in [3.63, 3.8) is 0 Å². The van der Waals surface area contributed by atoms with Crippen LogP contribution in [0.25, 0.3) is 0 Å². The lowest BCUT2D eigenvalue weighted by molar-refractivity contribution is -0.155. The minimum atomic E-state index is -0.467. The monoisotopic (exact) mass is 329 g/mol. The van der Waals surface area contributed by atoms with Crippen molar-refractivity contribution < 1.29 is 9.59 Å². The molecule has 0 radical (unpaired) electrons. The van der Waals surface area contributed by atoms with Crippen LogP contribution < -0.4 is 0 Å². The Morgan fingerprint density at radius 2 is 2.00 bits per heavy atom. The molecule has 1 fully saturated rings. The van der Waals surface area contributed by atoms with Gasteiger partial charge in [0.2, 0.25) is 11.8 Å². The molecule has 1 aliphatic rings. The maximum absolute atomic E-state index is 12.6. The van der Waals surface area contributed by atoms with E-state index < -0.39 is 6.04 Å². The van der Waals surface area contributed by atoms with E-state index in [1.54, 1.807) is 23.3 Å². The number of carbonyl (C=O) groups excluding carboxylic acids is 2. The van der Waals surface area contributed by atoms with Gasteiger partial charge < -0.3 is 9.80 Å². The van der Waals surface area contributed by atoms with Crippen molar-refractivity contribution in [3.8, 4) is 0 Å². The second-order valence-corrected chi connectivity index (χ2v) is 6.84. The van der Waals surface area contributed by atoms with E-state index in [1.165, 1.54) is 4.90 Å². The largest absolute Gasteiger partial charge is 0.335 e. The van der Waals surface area contributed by atoms with Crippen LogP contribution in [0.1, 0.15) is 16.3 Å². The lowest BCUT2D eigenvalue weighted by Gasteiger charge is -2.38. The molecule has 0 bridgehead atoms. The molecule has 3 rings (SSSR count). The Kier molecular flexibility index (Phi) is 4.43. The third-order valence-corrected chi connectivity index (χ3v) is 4.82. The van der Waals surface area contributed by atoms with Crippen LogP contribution in [0.3, 0.4) is 0 Å². The Labute approximate surface area is 139 Å². The molecule has 1 saturated heterocycles. The predicted molar refractivity (Wildman–Crippen MR) is 89.0 cm³/mol. The molecule has 0 saturated carbocycles. The number of carbonyl (C=O) groups is 2. The molecule has 0 unspecified atom stereocenters. The molecule has 0 aliphatic carbocycles. The molecule has 0 spiro atoms. The summed E-state index contributed by atoms with van der Waals surface area (Å²) in [7, 11) is 1.68. The van der Waals surface area contributed by atoms with Gasteiger partial charge in [-0.05, 0) is 12.5 Å². The van der Waals surface area contributed by atoms with Gasteiger partial charge in [0.1, 0.15) is 6.04 Å². The van der Waals surface area contributed by atoms with E-state index in [4.69, 9.17) is 0 Å². The summed E-state index contributed by atoms with van der Waals surface area (Å²) in [5.41, 5.74) is 1.89. The first kappa shape index (κ1) is 15.7. The zero-order valence-electron chi connectivity index (χ0n) is 13.2. The highest BCUT2D eigenvalue weighted by atomic mass is 32.1. The molecule has 120 valence electrons. The molecule has 0 N–H and O–H groups in total. The molecular weight excluding hydrogens is 310 g/mol. The molecule has 1 aromatic heterocycles. The summed E-state index contributed by atoms with van der Waals surface area (Å²) >= 11 is 1.56. The van der Waals surface area contributed by atoms with Crippen molar-refractivity contribution >= 4 is 23.2 Å². The highest BCUT2D eigenvalue weighted by Crippen LogP contribution is 2.20. The highest BCUT2D eigenvalue weighted by Gasteiger charge is 2.37. The third-order valence-electron chi connectivity index (χ3n) is 4.00. The van der Waals surface area contributed by atoms with Crippen molar-refractivity contribution in [2.24, 2.45) is 0 Å². The molecule has 5 nitrogen and oxygen atoms in total. The van der Waals surface area contributed by atoms with Crippen LogP contribution in [0, 0.1) is 6.92 Å². The first-order chi connectivity index (χ1) is 11.0. The molecule has 6 heteroatoms. The van der Waals surface area contributed by atoms with Gasteiger partial charge in [0.05, 0.1) is 23.8 Å². The van der Waals surface area contributed by atoms with Crippen LogP contribution in [0.15, 0.2) is 35.7 Å². The Morgan fingerprint density at radius 1 is 1.26 bits per heavy atom. The van der Waals surface area contributed by atoms with Gasteiger partial charge >= 0.3 is 0 Å². The van der Waals surface area contributed by atoms with Gasteiger partial charge in [-0.2, -0.15) is 0 Å². The van der Waals surface area contributed by atoms with Gasteiger partial charge in [-0.1, -0.05) is 30.3 Å². The minimum Gasteiger partial charge on any atom is -0.335 e. The van der Waals surface area contributed by atoms with Crippen LogP contribution in [0.4, 0.5) is 0 Å². The SMILES string of the molecule is Cc1nc(CN2C(=O)CN(C)C(=O)[C@@H]2Cc2ccccc2)cs1. The van der Waals surface area contributed by atoms with E-state index in [0.717, 1.165) is 16.3 Å². The van der Waals surface area contributed by atoms with Gasteiger partial charge in [0, 0.05) is 18.8 Å². The molecule has 1 aromatic carbocycles. The third kappa shape index (κ3) is 3.42. The first-order valence-corrected chi connectivity index (χ1v) is 8.42. The maximum atomic E-state index is 12.6. The summed E-state index contributed by atoms with van der Waals surface area (Å²) in [5, 5.41) is 2.91. The predicted octanol–water partition coefficient (Wildman–Crippen LogP) is 1.86. The standard InChI is InChI=1S/C17H19N3O2S/c1-12-18-14(11-23-12)9-20-15(8-13-6-4-3-5-7-13)17(22)19(2)10-16(20)21/h3-7,11,15H,8-10H2,1-2H3/t15-/m0/s1. The van der Waals surface area contributed by atoms with E-state index in [0.29, 0.717) is 13.0 Å². The smallest absolute Gasteiger partial charge is 0.245 e. The van der Waals surface area contributed by atoms with E-state index in [1.807, 2.05) is 42.6 Å². The molecule has 2 amide bonds. The fourth-order valence-electron chi connectivity index (χ4n) is 2.82. The quantitative estimate of drug-likeness (QED) is 0.860. The molecule has 23 heavy (non-hydrogen) atoms. The Morgan fingerprint density at radius 3 is 2.65 bits per heavy atom. The summed E-state index contributed by atoms with van der Waals surface area (Å²) in [4.78, 5) is 32.7. The van der Waals surface area contributed by atoms with Gasteiger partial charge in [0.15, 0.2) is 0 Å². The summed E-state index contributed by atoms with van der Waals surface area (Å²) in [6.07, 6.45) is 0.527. The van der Waals surface area contributed by atoms with Crippen molar-refractivity contribution in [1.82, 2.24) is 14.8 Å². The number of likely N-dealkylation sites (N-methyl/N-ethyl adjacent to an activating group) is 1. The minimum absolute atomic E-state index is 0.0135. The number of nitrogens with zero attached hydrogens (tertiary/aromatic N) is 3. The highest BCUT2D eigenvalue weighted by molar-refractivity contribution is 7.09. The number of amides is 2. The van der Waals surface area contributed by atoms with Crippen LogP contribution in [0.2, 0.25) is 0 Å². The number of hydrogen-bond donors (Lipinski definition) is 0. The Balaban J connectivity index is 1.85. The zero-order chi connectivity index (χ0) is 16.4. The zero-order valence-corrected chi connectivity index (χ0v) is 14.0.